The Kier molecular flexibility index (Phi) is 3.93. The van der Waals surface area contributed by atoms with E-state index in [2.05, 4.69) is 21.1 Å². The number of aromatic nitrogens is 1. The van der Waals surface area contributed by atoms with Gasteiger partial charge in [0.15, 0.2) is 5.76 Å². The summed E-state index contributed by atoms with van der Waals surface area (Å²) in [4.78, 5) is 22.8. The summed E-state index contributed by atoms with van der Waals surface area (Å²) in [5, 5.41) is 15.1. The Morgan fingerprint density at radius 2 is 2.17 bits per heavy atom. The number of halogens is 1. The van der Waals surface area contributed by atoms with Gasteiger partial charge in [-0.25, -0.2) is 4.79 Å². The van der Waals surface area contributed by atoms with E-state index in [9.17, 15) is 14.9 Å². The predicted octanol–water partition coefficient (Wildman–Crippen LogP) is 3.98. The molecule has 0 atom stereocenters. The van der Waals surface area contributed by atoms with Crippen LogP contribution in [0.4, 0.5) is 5.69 Å². The summed E-state index contributed by atoms with van der Waals surface area (Å²) < 4.78 is 10.8. The van der Waals surface area contributed by atoms with E-state index in [1.165, 1.54) is 13.2 Å². The van der Waals surface area contributed by atoms with Gasteiger partial charge in [0.25, 0.3) is 5.69 Å². The van der Waals surface area contributed by atoms with Crippen molar-refractivity contribution in [3.8, 4) is 11.3 Å². The predicted molar refractivity (Wildman–Crippen MR) is 84.3 cm³/mol. The molecule has 7 nitrogen and oxygen atoms in total. The van der Waals surface area contributed by atoms with Crippen LogP contribution >= 0.6 is 15.9 Å². The number of hydrogen-bond acceptors (Lipinski definition) is 6. The maximum absolute atomic E-state index is 12.1. The summed E-state index contributed by atoms with van der Waals surface area (Å²) in [6.45, 7) is 1.65. The van der Waals surface area contributed by atoms with Crippen LogP contribution < -0.4 is 0 Å². The lowest BCUT2D eigenvalue weighted by atomic mass is 10.0. The minimum Gasteiger partial charge on any atom is -0.465 e. The number of aryl methyl sites for hydroxylation is 1. The van der Waals surface area contributed by atoms with Gasteiger partial charge in [0, 0.05) is 27.6 Å². The molecule has 8 heteroatoms. The van der Waals surface area contributed by atoms with Crippen molar-refractivity contribution in [3.05, 3.63) is 43.6 Å². The first-order chi connectivity index (χ1) is 10.9. The van der Waals surface area contributed by atoms with Crippen molar-refractivity contribution in [2.75, 3.05) is 7.11 Å². The van der Waals surface area contributed by atoms with E-state index in [-0.39, 0.29) is 22.9 Å². The van der Waals surface area contributed by atoms with E-state index < -0.39 is 10.9 Å². The van der Waals surface area contributed by atoms with Gasteiger partial charge in [0.1, 0.15) is 11.3 Å². The van der Waals surface area contributed by atoms with Gasteiger partial charge < -0.3 is 9.26 Å². The minimum atomic E-state index is -0.557. The molecule has 3 rings (SSSR count). The fourth-order valence-electron chi connectivity index (χ4n) is 2.45. The molecule has 1 aromatic carbocycles. The molecular weight excluding hydrogens is 368 g/mol. The number of nitro groups is 1. The molecule has 0 unspecified atom stereocenters. The molecule has 1 saturated carbocycles. The number of nitro benzene ring substituents is 1. The number of carbonyl (C=O) groups excluding carboxylic acids is 1. The van der Waals surface area contributed by atoms with Gasteiger partial charge in [-0.15, -0.1) is 0 Å². The van der Waals surface area contributed by atoms with Crippen LogP contribution in [0.15, 0.2) is 21.1 Å². The van der Waals surface area contributed by atoms with Gasteiger partial charge in [-0.3, -0.25) is 10.1 Å². The van der Waals surface area contributed by atoms with Crippen LogP contribution in [0.5, 0.6) is 0 Å². The normalized spacial score (nSPS) is 13.9. The molecule has 1 aromatic heterocycles. The van der Waals surface area contributed by atoms with Crippen molar-refractivity contribution >= 4 is 27.6 Å². The second-order valence-corrected chi connectivity index (χ2v) is 6.27. The maximum atomic E-state index is 12.1. The fraction of sp³-hybridized carbons (Fsp3) is 0.333. The zero-order valence-electron chi connectivity index (χ0n) is 12.5. The lowest BCUT2D eigenvalue weighted by Gasteiger charge is -2.06. The third-order valence-corrected chi connectivity index (χ3v) is 4.45. The molecule has 23 heavy (non-hydrogen) atoms. The molecule has 0 N–H and O–H groups in total. The molecule has 0 bridgehead atoms. The summed E-state index contributed by atoms with van der Waals surface area (Å²) in [6.07, 6.45) is 1.85. The number of benzene rings is 1. The smallest absolute Gasteiger partial charge is 0.343 e. The SMILES string of the molecule is COC(=O)c1c(-c2cc([N+](=O)[O-])c(C)cc2Br)noc1C1CC1. The summed E-state index contributed by atoms with van der Waals surface area (Å²) >= 11 is 3.38. The van der Waals surface area contributed by atoms with E-state index in [1.807, 2.05) is 0 Å². The lowest BCUT2D eigenvalue weighted by Crippen LogP contribution is -2.05. The summed E-state index contributed by atoms with van der Waals surface area (Å²) in [5.41, 5.74) is 1.40. The molecule has 0 radical (unpaired) electrons. The highest BCUT2D eigenvalue weighted by Gasteiger charge is 2.36. The number of carbonyl (C=O) groups is 1. The van der Waals surface area contributed by atoms with Gasteiger partial charge in [0.2, 0.25) is 0 Å². The Bertz CT molecular complexity index is 810. The molecule has 1 fully saturated rings. The zero-order valence-corrected chi connectivity index (χ0v) is 14.0. The number of esters is 1. The monoisotopic (exact) mass is 380 g/mol. The van der Waals surface area contributed by atoms with Crippen LogP contribution in [0.1, 0.15) is 40.4 Å². The van der Waals surface area contributed by atoms with E-state index >= 15 is 0 Å². The van der Waals surface area contributed by atoms with Gasteiger partial charge in [-0.1, -0.05) is 21.1 Å². The Morgan fingerprint density at radius 1 is 1.48 bits per heavy atom. The van der Waals surface area contributed by atoms with Crippen molar-refractivity contribution in [1.29, 1.82) is 0 Å². The van der Waals surface area contributed by atoms with E-state index in [4.69, 9.17) is 9.26 Å². The number of rotatable bonds is 4. The molecule has 0 amide bonds. The van der Waals surface area contributed by atoms with Gasteiger partial charge in [-0.05, 0) is 25.8 Å². The van der Waals surface area contributed by atoms with Crippen molar-refractivity contribution < 1.29 is 19.0 Å². The van der Waals surface area contributed by atoms with Crippen LogP contribution in [-0.4, -0.2) is 23.2 Å². The average molecular weight is 381 g/mol. The summed E-state index contributed by atoms with van der Waals surface area (Å²) in [6, 6.07) is 3.01. The van der Waals surface area contributed by atoms with Gasteiger partial charge in [-0.2, -0.15) is 0 Å². The topological polar surface area (TPSA) is 95.5 Å². The number of nitrogens with zero attached hydrogens (tertiary/aromatic N) is 2. The second-order valence-electron chi connectivity index (χ2n) is 5.41. The van der Waals surface area contributed by atoms with Crippen LogP contribution in [0, 0.1) is 17.0 Å². The fourth-order valence-corrected chi connectivity index (χ4v) is 3.10. The van der Waals surface area contributed by atoms with Crippen LogP contribution in [0.2, 0.25) is 0 Å². The summed E-state index contributed by atoms with van der Waals surface area (Å²) in [7, 11) is 1.28. The molecule has 2 aromatic rings. The molecule has 0 spiro atoms. The van der Waals surface area contributed by atoms with Crippen molar-refractivity contribution in [1.82, 2.24) is 5.16 Å². The third-order valence-electron chi connectivity index (χ3n) is 3.79. The van der Waals surface area contributed by atoms with E-state index in [0.29, 0.717) is 21.4 Å². The van der Waals surface area contributed by atoms with E-state index in [1.54, 1.807) is 13.0 Å². The molecule has 0 saturated heterocycles. The van der Waals surface area contributed by atoms with Crippen molar-refractivity contribution in [2.24, 2.45) is 0 Å². The highest BCUT2D eigenvalue weighted by atomic mass is 79.9. The number of ether oxygens (including phenoxy) is 1. The number of hydrogen-bond donors (Lipinski definition) is 0. The first-order valence-electron chi connectivity index (χ1n) is 6.96. The maximum Gasteiger partial charge on any atom is 0.343 e. The van der Waals surface area contributed by atoms with Crippen molar-refractivity contribution in [3.63, 3.8) is 0 Å². The minimum absolute atomic E-state index is 0.0463. The quantitative estimate of drug-likeness (QED) is 0.452. The lowest BCUT2D eigenvalue weighted by molar-refractivity contribution is -0.385. The third kappa shape index (κ3) is 2.74. The first kappa shape index (κ1) is 15.7. The molecule has 0 aliphatic heterocycles. The van der Waals surface area contributed by atoms with E-state index in [0.717, 1.165) is 12.8 Å². The second kappa shape index (κ2) is 5.77. The largest absolute Gasteiger partial charge is 0.465 e. The van der Waals surface area contributed by atoms with Crippen LogP contribution in [-0.2, 0) is 4.74 Å². The van der Waals surface area contributed by atoms with Crippen molar-refractivity contribution in [2.45, 2.75) is 25.7 Å². The summed E-state index contributed by atoms with van der Waals surface area (Å²) in [5.74, 6) is 0.0878. The Hall–Kier alpha value is -2.22. The van der Waals surface area contributed by atoms with Gasteiger partial charge >= 0.3 is 5.97 Å². The Balaban J connectivity index is 2.21. The van der Waals surface area contributed by atoms with Crippen LogP contribution in [0.3, 0.4) is 0 Å². The molecule has 1 aliphatic carbocycles. The molecule has 1 aliphatic rings. The van der Waals surface area contributed by atoms with Crippen LogP contribution in [0.25, 0.3) is 11.3 Å². The molecule has 120 valence electrons. The standard InChI is InChI=1S/C15H13BrN2O5/c1-7-5-10(16)9(6-11(7)18(20)21)13-12(15(19)22-2)14(23-17-13)8-3-4-8/h5-6,8H,3-4H2,1-2H3. The Labute approximate surface area is 139 Å². The average Bonchev–Trinajstić information content (AvgIpc) is 3.25. The molecule has 1 heterocycles. The first-order valence-corrected chi connectivity index (χ1v) is 7.76. The highest BCUT2D eigenvalue weighted by molar-refractivity contribution is 9.10. The zero-order chi connectivity index (χ0) is 16.7. The highest BCUT2D eigenvalue weighted by Crippen LogP contribution is 2.45. The van der Waals surface area contributed by atoms with Gasteiger partial charge in [0.05, 0.1) is 12.0 Å². The Morgan fingerprint density at radius 3 is 2.74 bits per heavy atom. The number of methoxy groups -OCH3 is 1. The molecular formula is C15H13BrN2O5.